The molecule has 19 heavy (non-hydrogen) atoms. The highest BCUT2D eigenvalue weighted by molar-refractivity contribution is 6.35. The van der Waals surface area contributed by atoms with Crippen LogP contribution in [0.4, 0.5) is 4.39 Å². The molecule has 0 saturated carbocycles. The van der Waals surface area contributed by atoms with E-state index < -0.39 is 17.1 Å². The molecule has 0 radical (unpaired) electrons. The Labute approximate surface area is 112 Å². The molecule has 0 saturated heterocycles. The smallest absolute Gasteiger partial charge is 0.287 e. The van der Waals surface area contributed by atoms with Crippen molar-refractivity contribution in [2.24, 2.45) is 0 Å². The molecule has 1 amide bonds. The van der Waals surface area contributed by atoms with Crippen LogP contribution in [0.1, 0.15) is 26.3 Å². The summed E-state index contributed by atoms with van der Waals surface area (Å²) in [5, 5.41) is 2.53. The molecule has 0 atom stereocenters. The predicted molar refractivity (Wildman–Crippen MR) is 69.7 cm³/mol. The van der Waals surface area contributed by atoms with E-state index in [9.17, 15) is 14.0 Å². The standard InChI is InChI=1S/C14H18FNO3/c1-9(17)13(18)16-8-14(2,3)11-7-10(15)5-6-12(11)19-4/h5-7H,8H2,1-4H3,(H,16,18). The summed E-state index contributed by atoms with van der Waals surface area (Å²) in [6.07, 6.45) is 0. The first-order valence-electron chi connectivity index (χ1n) is 5.90. The highest BCUT2D eigenvalue weighted by Gasteiger charge is 2.26. The lowest BCUT2D eigenvalue weighted by Crippen LogP contribution is -2.39. The number of ether oxygens (including phenoxy) is 1. The number of carbonyl (C=O) groups excluding carboxylic acids is 2. The van der Waals surface area contributed by atoms with Crippen LogP contribution in [0, 0.1) is 5.82 Å². The summed E-state index contributed by atoms with van der Waals surface area (Å²) in [5.41, 5.74) is 0.0808. The summed E-state index contributed by atoms with van der Waals surface area (Å²) >= 11 is 0. The van der Waals surface area contributed by atoms with Crippen LogP contribution >= 0.6 is 0 Å². The number of benzene rings is 1. The van der Waals surface area contributed by atoms with Crippen LogP contribution < -0.4 is 10.1 Å². The summed E-state index contributed by atoms with van der Waals surface area (Å²) in [5.74, 6) is -1.03. The second kappa shape index (κ2) is 5.82. The maximum atomic E-state index is 13.3. The van der Waals surface area contributed by atoms with E-state index in [0.29, 0.717) is 11.3 Å². The first-order valence-corrected chi connectivity index (χ1v) is 5.90. The SMILES string of the molecule is COc1ccc(F)cc1C(C)(C)CNC(=O)C(C)=O. The van der Waals surface area contributed by atoms with Crippen molar-refractivity contribution < 1.29 is 18.7 Å². The molecule has 0 fully saturated rings. The summed E-state index contributed by atoms with van der Waals surface area (Å²) in [7, 11) is 1.50. The van der Waals surface area contributed by atoms with E-state index in [1.54, 1.807) is 6.07 Å². The van der Waals surface area contributed by atoms with Crippen LogP contribution in [0.15, 0.2) is 18.2 Å². The van der Waals surface area contributed by atoms with Gasteiger partial charge >= 0.3 is 0 Å². The molecule has 0 heterocycles. The molecule has 0 bridgehead atoms. The molecule has 0 aliphatic rings. The average molecular weight is 267 g/mol. The normalized spacial score (nSPS) is 11.0. The van der Waals surface area contributed by atoms with Gasteiger partial charge < -0.3 is 10.1 Å². The summed E-state index contributed by atoms with van der Waals surface area (Å²) < 4.78 is 18.5. The lowest BCUT2D eigenvalue weighted by Gasteiger charge is -2.27. The summed E-state index contributed by atoms with van der Waals surface area (Å²) in [6.45, 7) is 5.09. The molecule has 0 spiro atoms. The second-order valence-electron chi connectivity index (χ2n) is 4.97. The molecule has 0 aliphatic carbocycles. The van der Waals surface area contributed by atoms with Crippen LogP contribution in [-0.2, 0) is 15.0 Å². The number of hydrogen-bond acceptors (Lipinski definition) is 3. The van der Waals surface area contributed by atoms with Crippen molar-refractivity contribution in [3.8, 4) is 5.75 Å². The molecule has 0 aliphatic heterocycles. The minimum Gasteiger partial charge on any atom is -0.496 e. The van der Waals surface area contributed by atoms with Gasteiger partial charge in [-0.2, -0.15) is 0 Å². The van der Waals surface area contributed by atoms with E-state index in [1.165, 1.54) is 26.2 Å². The maximum Gasteiger partial charge on any atom is 0.287 e. The zero-order chi connectivity index (χ0) is 14.6. The van der Waals surface area contributed by atoms with Crippen LogP contribution in [0.25, 0.3) is 0 Å². The Hall–Kier alpha value is -1.91. The Bertz CT molecular complexity index is 497. The topological polar surface area (TPSA) is 55.4 Å². The van der Waals surface area contributed by atoms with Crippen molar-refractivity contribution in [1.29, 1.82) is 0 Å². The lowest BCUT2D eigenvalue weighted by atomic mass is 9.83. The van der Waals surface area contributed by atoms with Crippen LogP contribution in [0.3, 0.4) is 0 Å². The fourth-order valence-corrected chi connectivity index (χ4v) is 1.73. The van der Waals surface area contributed by atoms with Gasteiger partial charge in [-0.3, -0.25) is 9.59 Å². The molecule has 1 aromatic rings. The number of carbonyl (C=O) groups is 2. The molecule has 1 N–H and O–H groups in total. The number of ketones is 1. The molecule has 0 aromatic heterocycles. The highest BCUT2D eigenvalue weighted by atomic mass is 19.1. The number of amides is 1. The third kappa shape index (κ3) is 3.77. The Morgan fingerprint density at radius 1 is 1.37 bits per heavy atom. The van der Waals surface area contributed by atoms with Crippen molar-refractivity contribution in [1.82, 2.24) is 5.32 Å². The lowest BCUT2D eigenvalue weighted by molar-refractivity contribution is -0.136. The maximum absolute atomic E-state index is 13.3. The average Bonchev–Trinajstić information content (AvgIpc) is 2.35. The van der Waals surface area contributed by atoms with Crippen molar-refractivity contribution in [3.05, 3.63) is 29.6 Å². The number of methoxy groups -OCH3 is 1. The van der Waals surface area contributed by atoms with Gasteiger partial charge in [0, 0.05) is 24.4 Å². The molecular weight excluding hydrogens is 249 g/mol. The summed E-state index contributed by atoms with van der Waals surface area (Å²) in [4.78, 5) is 22.2. The number of Topliss-reactive ketones (excluding diaryl/α,β-unsaturated/α-hetero) is 1. The molecule has 0 unspecified atom stereocenters. The van der Waals surface area contributed by atoms with E-state index in [1.807, 2.05) is 13.8 Å². The zero-order valence-corrected chi connectivity index (χ0v) is 11.5. The first kappa shape index (κ1) is 15.1. The van der Waals surface area contributed by atoms with Gasteiger partial charge in [-0.15, -0.1) is 0 Å². The van der Waals surface area contributed by atoms with Crippen LogP contribution in [0.2, 0.25) is 0 Å². The third-order valence-corrected chi connectivity index (χ3v) is 2.90. The number of nitrogens with one attached hydrogen (secondary N) is 1. The van der Waals surface area contributed by atoms with E-state index in [2.05, 4.69) is 5.32 Å². The van der Waals surface area contributed by atoms with Gasteiger partial charge in [-0.25, -0.2) is 4.39 Å². The molecular formula is C14H18FNO3. The third-order valence-electron chi connectivity index (χ3n) is 2.90. The molecule has 104 valence electrons. The second-order valence-corrected chi connectivity index (χ2v) is 4.97. The summed E-state index contributed by atoms with van der Waals surface area (Å²) in [6, 6.07) is 4.23. The molecule has 1 rings (SSSR count). The van der Waals surface area contributed by atoms with E-state index in [0.717, 1.165) is 0 Å². The highest BCUT2D eigenvalue weighted by Crippen LogP contribution is 2.31. The Kier molecular flexibility index (Phi) is 4.64. The van der Waals surface area contributed by atoms with Crippen molar-refractivity contribution in [2.75, 3.05) is 13.7 Å². The van der Waals surface area contributed by atoms with Crippen molar-refractivity contribution in [2.45, 2.75) is 26.2 Å². The first-order chi connectivity index (χ1) is 8.77. The van der Waals surface area contributed by atoms with Crippen molar-refractivity contribution in [3.63, 3.8) is 0 Å². The van der Waals surface area contributed by atoms with Gasteiger partial charge in [0.05, 0.1) is 7.11 Å². The predicted octanol–water partition coefficient (Wildman–Crippen LogP) is 1.82. The van der Waals surface area contributed by atoms with Crippen LogP contribution in [-0.4, -0.2) is 25.3 Å². The van der Waals surface area contributed by atoms with Gasteiger partial charge in [0.25, 0.3) is 5.91 Å². The molecule has 4 nitrogen and oxygen atoms in total. The van der Waals surface area contributed by atoms with E-state index in [4.69, 9.17) is 4.74 Å². The molecule has 1 aromatic carbocycles. The molecule has 5 heteroatoms. The van der Waals surface area contributed by atoms with Crippen LogP contribution in [0.5, 0.6) is 5.75 Å². The van der Waals surface area contributed by atoms with Gasteiger partial charge in [0.15, 0.2) is 0 Å². The quantitative estimate of drug-likeness (QED) is 0.828. The minimum atomic E-state index is -0.650. The van der Waals surface area contributed by atoms with Gasteiger partial charge in [-0.05, 0) is 18.2 Å². The Morgan fingerprint density at radius 2 is 2.00 bits per heavy atom. The Morgan fingerprint density at radius 3 is 2.53 bits per heavy atom. The van der Waals surface area contributed by atoms with E-state index >= 15 is 0 Å². The van der Waals surface area contributed by atoms with Crippen molar-refractivity contribution >= 4 is 11.7 Å². The Balaban J connectivity index is 2.96. The van der Waals surface area contributed by atoms with Gasteiger partial charge in [0.1, 0.15) is 11.6 Å². The fraction of sp³-hybridized carbons (Fsp3) is 0.429. The number of rotatable bonds is 5. The fourth-order valence-electron chi connectivity index (χ4n) is 1.73. The zero-order valence-electron chi connectivity index (χ0n) is 11.5. The number of halogens is 1. The monoisotopic (exact) mass is 267 g/mol. The van der Waals surface area contributed by atoms with Gasteiger partial charge in [-0.1, -0.05) is 13.8 Å². The van der Waals surface area contributed by atoms with Gasteiger partial charge in [0.2, 0.25) is 5.78 Å². The van der Waals surface area contributed by atoms with E-state index in [-0.39, 0.29) is 12.4 Å². The minimum absolute atomic E-state index is 0.214. The number of hydrogen-bond donors (Lipinski definition) is 1. The largest absolute Gasteiger partial charge is 0.496 e.